The SMILES string of the molecule is O=C(C=Cc1ccc2c(c1)nc(-c1ccncc1)n2CC(O)CO)NO. The number of hydrogen-bond donors (Lipinski definition) is 4. The second-order valence-corrected chi connectivity index (χ2v) is 5.68. The molecular formula is C18H18N4O4. The van der Waals surface area contributed by atoms with Gasteiger partial charge in [0.15, 0.2) is 0 Å². The van der Waals surface area contributed by atoms with Crippen molar-refractivity contribution in [1.29, 1.82) is 0 Å². The third kappa shape index (κ3) is 3.77. The number of aliphatic hydroxyl groups excluding tert-OH is 2. The molecule has 4 N–H and O–H groups in total. The van der Waals surface area contributed by atoms with E-state index in [2.05, 4.69) is 9.97 Å². The summed E-state index contributed by atoms with van der Waals surface area (Å²) in [7, 11) is 0. The van der Waals surface area contributed by atoms with Crippen LogP contribution in [0.4, 0.5) is 0 Å². The number of pyridine rings is 1. The molecule has 3 rings (SSSR count). The van der Waals surface area contributed by atoms with Crippen molar-refractivity contribution in [1.82, 2.24) is 20.0 Å². The summed E-state index contributed by atoms with van der Waals surface area (Å²) in [5.74, 6) is 0.0169. The lowest BCUT2D eigenvalue weighted by Gasteiger charge is -2.12. The van der Waals surface area contributed by atoms with Crippen molar-refractivity contribution >= 4 is 23.0 Å². The number of rotatable bonds is 6. The minimum atomic E-state index is -0.916. The number of nitrogens with one attached hydrogen (secondary N) is 1. The van der Waals surface area contributed by atoms with E-state index in [1.54, 1.807) is 30.6 Å². The number of benzene rings is 1. The molecule has 0 aliphatic rings. The fraction of sp³-hybridized carbons (Fsp3) is 0.167. The Balaban J connectivity index is 2.08. The Bertz CT molecular complexity index is 937. The summed E-state index contributed by atoms with van der Waals surface area (Å²) in [4.78, 5) is 19.8. The highest BCUT2D eigenvalue weighted by Crippen LogP contribution is 2.26. The maximum atomic E-state index is 11.1. The largest absolute Gasteiger partial charge is 0.394 e. The van der Waals surface area contributed by atoms with Gasteiger partial charge in [-0.05, 0) is 35.9 Å². The zero-order chi connectivity index (χ0) is 18.5. The Morgan fingerprint density at radius 3 is 2.73 bits per heavy atom. The predicted molar refractivity (Wildman–Crippen MR) is 95.0 cm³/mol. The molecule has 3 aromatic rings. The Labute approximate surface area is 149 Å². The van der Waals surface area contributed by atoms with Crippen molar-refractivity contribution in [3.05, 3.63) is 54.4 Å². The lowest BCUT2D eigenvalue weighted by molar-refractivity contribution is -0.124. The second-order valence-electron chi connectivity index (χ2n) is 5.68. The normalized spacial score (nSPS) is 12.6. The first-order chi connectivity index (χ1) is 12.6. The van der Waals surface area contributed by atoms with Gasteiger partial charge in [0.05, 0.1) is 30.3 Å². The van der Waals surface area contributed by atoms with Gasteiger partial charge in [0.1, 0.15) is 5.82 Å². The van der Waals surface area contributed by atoms with E-state index in [0.717, 1.165) is 16.6 Å². The maximum absolute atomic E-state index is 11.1. The van der Waals surface area contributed by atoms with E-state index < -0.39 is 12.0 Å². The molecule has 8 heteroatoms. The number of aliphatic hydroxyl groups is 2. The summed E-state index contributed by atoms with van der Waals surface area (Å²) in [6.45, 7) is -0.167. The second kappa shape index (κ2) is 7.87. The third-order valence-electron chi connectivity index (χ3n) is 3.85. The van der Waals surface area contributed by atoms with E-state index in [0.29, 0.717) is 11.3 Å². The zero-order valence-corrected chi connectivity index (χ0v) is 13.8. The van der Waals surface area contributed by atoms with Crippen molar-refractivity contribution in [2.75, 3.05) is 6.61 Å². The van der Waals surface area contributed by atoms with Crippen molar-refractivity contribution in [2.45, 2.75) is 12.6 Å². The van der Waals surface area contributed by atoms with Crippen molar-refractivity contribution in [3.63, 3.8) is 0 Å². The quantitative estimate of drug-likeness (QED) is 0.297. The van der Waals surface area contributed by atoms with Crippen LogP contribution in [0.1, 0.15) is 5.56 Å². The van der Waals surface area contributed by atoms with Crippen molar-refractivity contribution < 1.29 is 20.2 Å². The zero-order valence-electron chi connectivity index (χ0n) is 13.8. The van der Waals surface area contributed by atoms with E-state index in [-0.39, 0.29) is 13.2 Å². The molecule has 0 saturated heterocycles. The summed E-state index contributed by atoms with van der Waals surface area (Å²) in [5, 5.41) is 27.6. The van der Waals surface area contributed by atoms with E-state index in [1.165, 1.54) is 11.6 Å². The van der Waals surface area contributed by atoms with Crippen LogP contribution in [0.5, 0.6) is 0 Å². The van der Waals surface area contributed by atoms with Crippen molar-refractivity contribution in [2.24, 2.45) is 0 Å². The molecule has 1 aromatic carbocycles. The predicted octanol–water partition coefficient (Wildman–Crippen LogP) is 0.970. The molecule has 2 heterocycles. The van der Waals surface area contributed by atoms with Crippen LogP contribution in [0, 0.1) is 0 Å². The minimum Gasteiger partial charge on any atom is -0.394 e. The van der Waals surface area contributed by atoms with Crippen LogP contribution in [-0.2, 0) is 11.3 Å². The van der Waals surface area contributed by atoms with Crippen LogP contribution >= 0.6 is 0 Å². The Hall–Kier alpha value is -3.07. The van der Waals surface area contributed by atoms with Gasteiger partial charge in [0, 0.05) is 24.0 Å². The highest BCUT2D eigenvalue weighted by Gasteiger charge is 2.15. The minimum absolute atomic E-state index is 0.187. The van der Waals surface area contributed by atoms with E-state index in [9.17, 15) is 15.0 Å². The molecule has 0 spiro atoms. The fourth-order valence-corrected chi connectivity index (χ4v) is 2.63. The van der Waals surface area contributed by atoms with Gasteiger partial charge in [-0.3, -0.25) is 15.0 Å². The van der Waals surface area contributed by atoms with Gasteiger partial charge in [-0.25, -0.2) is 10.5 Å². The number of hydrogen-bond acceptors (Lipinski definition) is 6. The van der Waals surface area contributed by atoms with Gasteiger partial charge in [-0.2, -0.15) is 0 Å². The molecule has 0 bridgehead atoms. The first kappa shape index (κ1) is 17.7. The molecule has 0 aliphatic carbocycles. The first-order valence-electron chi connectivity index (χ1n) is 7.94. The highest BCUT2D eigenvalue weighted by molar-refractivity contribution is 5.91. The number of hydroxylamine groups is 1. The Morgan fingerprint density at radius 1 is 1.27 bits per heavy atom. The summed E-state index contributed by atoms with van der Waals surface area (Å²) < 4.78 is 1.83. The highest BCUT2D eigenvalue weighted by atomic mass is 16.5. The molecular weight excluding hydrogens is 336 g/mol. The Kier molecular flexibility index (Phi) is 5.37. The van der Waals surface area contributed by atoms with E-state index in [1.807, 2.05) is 22.8 Å². The number of imidazole rings is 1. The first-order valence-corrected chi connectivity index (χ1v) is 7.94. The van der Waals surface area contributed by atoms with Gasteiger partial charge < -0.3 is 14.8 Å². The van der Waals surface area contributed by atoms with Crippen LogP contribution in [-0.4, -0.2) is 48.6 Å². The summed E-state index contributed by atoms with van der Waals surface area (Å²) in [6, 6.07) is 9.05. The van der Waals surface area contributed by atoms with E-state index >= 15 is 0 Å². The fourth-order valence-electron chi connectivity index (χ4n) is 2.63. The maximum Gasteiger partial charge on any atom is 0.267 e. The van der Waals surface area contributed by atoms with Gasteiger partial charge in [-0.15, -0.1) is 0 Å². The number of fused-ring (bicyclic) bond motifs is 1. The van der Waals surface area contributed by atoms with Gasteiger partial charge >= 0.3 is 0 Å². The molecule has 8 nitrogen and oxygen atoms in total. The van der Waals surface area contributed by atoms with Crippen LogP contribution in [0.15, 0.2) is 48.8 Å². The lowest BCUT2D eigenvalue weighted by atomic mass is 10.2. The number of aromatic nitrogens is 3. The molecule has 0 saturated carbocycles. The number of nitrogens with zero attached hydrogens (tertiary/aromatic N) is 3. The number of carbonyl (C=O) groups is 1. The monoisotopic (exact) mass is 354 g/mol. The van der Waals surface area contributed by atoms with Crippen LogP contribution < -0.4 is 5.48 Å². The van der Waals surface area contributed by atoms with Crippen LogP contribution in [0.3, 0.4) is 0 Å². The number of carbonyl (C=O) groups excluding carboxylic acids is 1. The lowest BCUT2D eigenvalue weighted by Crippen LogP contribution is -2.20. The topological polar surface area (TPSA) is 121 Å². The molecule has 134 valence electrons. The molecule has 26 heavy (non-hydrogen) atoms. The molecule has 1 unspecified atom stereocenters. The Morgan fingerprint density at radius 2 is 2.04 bits per heavy atom. The molecule has 0 radical (unpaired) electrons. The van der Waals surface area contributed by atoms with Gasteiger partial charge in [-0.1, -0.05) is 6.07 Å². The van der Waals surface area contributed by atoms with Crippen LogP contribution in [0.25, 0.3) is 28.5 Å². The average molecular weight is 354 g/mol. The summed E-state index contributed by atoms with van der Waals surface area (Å²) >= 11 is 0. The molecule has 2 aromatic heterocycles. The average Bonchev–Trinajstić information content (AvgIpc) is 3.04. The summed E-state index contributed by atoms with van der Waals surface area (Å²) in [6.07, 6.45) is 5.16. The van der Waals surface area contributed by atoms with E-state index in [4.69, 9.17) is 5.21 Å². The molecule has 0 fully saturated rings. The van der Waals surface area contributed by atoms with Gasteiger partial charge in [0.25, 0.3) is 5.91 Å². The molecule has 1 atom stereocenters. The molecule has 0 aliphatic heterocycles. The van der Waals surface area contributed by atoms with Crippen LogP contribution in [0.2, 0.25) is 0 Å². The smallest absolute Gasteiger partial charge is 0.267 e. The third-order valence-corrected chi connectivity index (χ3v) is 3.85. The molecule has 1 amide bonds. The van der Waals surface area contributed by atoms with Crippen molar-refractivity contribution in [3.8, 4) is 11.4 Å². The standard InChI is InChI=1S/C18H18N4O4/c23-11-14(24)10-22-16-3-1-12(2-4-17(25)21-26)9-15(16)20-18(22)13-5-7-19-8-6-13/h1-9,14,23-24,26H,10-11H2,(H,21,25). The van der Waals surface area contributed by atoms with Gasteiger partial charge in [0.2, 0.25) is 0 Å². The summed E-state index contributed by atoms with van der Waals surface area (Å²) in [5.41, 5.74) is 4.55. The number of amides is 1.